The Morgan fingerprint density at radius 2 is 1.61 bits per heavy atom. The van der Waals surface area contributed by atoms with Gasteiger partial charge in [0.1, 0.15) is 16.9 Å². The van der Waals surface area contributed by atoms with Crippen molar-refractivity contribution in [3.8, 4) is 0 Å². The Morgan fingerprint density at radius 3 is 2.18 bits per heavy atom. The maximum atomic E-state index is 13.6. The van der Waals surface area contributed by atoms with E-state index in [-0.39, 0.29) is 53.4 Å². The molecule has 4 amide bonds. The number of aliphatic hydroxyl groups is 2. The summed E-state index contributed by atoms with van der Waals surface area (Å²) in [5.41, 5.74) is 10.5. The summed E-state index contributed by atoms with van der Waals surface area (Å²) in [6.45, 7) is 4.47. The molecule has 3 heterocycles. The summed E-state index contributed by atoms with van der Waals surface area (Å²) in [5, 5.41) is 21.8. The van der Waals surface area contributed by atoms with Crippen LogP contribution in [-0.4, -0.2) is 111 Å². The van der Waals surface area contributed by atoms with Gasteiger partial charge >= 0.3 is 6.03 Å². The van der Waals surface area contributed by atoms with Gasteiger partial charge in [0.2, 0.25) is 5.91 Å². The van der Waals surface area contributed by atoms with Crippen LogP contribution in [0.1, 0.15) is 84.5 Å². The molecule has 44 heavy (non-hydrogen) atoms. The van der Waals surface area contributed by atoms with Gasteiger partial charge in [-0.2, -0.15) is 0 Å². The molecule has 2 unspecified atom stereocenters. The standard InChI is InChI=1S/C30H50N6O7S/c1-4-22-14-20(12-13-44(22,42)43)17-35-28(40)33(3)27(39)30(35,2)15-18-8-10-21(11-9-18)36-26(38)23(24(31)32)25(37)34(29(36)41)16-19-6-5-7-19/h18-22,26,28,38,40H,4-17,31-32H2,1-3H3/t18?,20-,21?,22-,26?,28?,30-/m0/s1. The van der Waals surface area contributed by atoms with Gasteiger partial charge < -0.3 is 26.6 Å². The monoisotopic (exact) mass is 638 g/mol. The second-order valence-corrected chi connectivity index (χ2v) is 16.4. The molecule has 5 fully saturated rings. The van der Waals surface area contributed by atoms with Crippen molar-refractivity contribution < 1.29 is 33.0 Å². The van der Waals surface area contributed by atoms with Crippen LogP contribution in [0, 0.1) is 17.8 Å². The molecule has 0 aromatic heterocycles. The minimum absolute atomic E-state index is 0.0573. The molecule has 3 saturated heterocycles. The third kappa shape index (κ3) is 5.82. The molecule has 0 bridgehead atoms. The van der Waals surface area contributed by atoms with Crippen molar-refractivity contribution in [2.24, 2.45) is 29.2 Å². The normalized spacial score (nSPS) is 37.1. The average molecular weight is 639 g/mol. The van der Waals surface area contributed by atoms with Crippen molar-refractivity contribution in [1.82, 2.24) is 19.6 Å². The van der Waals surface area contributed by atoms with E-state index in [1.807, 2.05) is 18.7 Å². The third-order valence-corrected chi connectivity index (χ3v) is 13.5. The number of nitrogens with zero attached hydrogens (tertiary/aromatic N) is 4. The van der Waals surface area contributed by atoms with Gasteiger partial charge in [0, 0.05) is 26.2 Å². The molecule has 5 rings (SSSR count). The maximum absolute atomic E-state index is 13.6. The molecule has 0 radical (unpaired) electrons. The number of amides is 4. The van der Waals surface area contributed by atoms with Crippen molar-refractivity contribution in [3.63, 3.8) is 0 Å². The third-order valence-electron chi connectivity index (χ3n) is 11.2. The fourth-order valence-corrected chi connectivity index (χ4v) is 10.3. The number of rotatable bonds is 8. The van der Waals surface area contributed by atoms with E-state index in [9.17, 15) is 33.0 Å². The van der Waals surface area contributed by atoms with E-state index in [4.69, 9.17) is 11.5 Å². The van der Waals surface area contributed by atoms with Crippen molar-refractivity contribution in [2.75, 3.05) is 25.9 Å². The smallest absolute Gasteiger partial charge is 0.329 e. The fourth-order valence-electron chi connectivity index (χ4n) is 8.21. The number of sulfone groups is 1. The lowest BCUT2D eigenvalue weighted by Gasteiger charge is -2.47. The van der Waals surface area contributed by atoms with Gasteiger partial charge in [-0.1, -0.05) is 13.3 Å². The van der Waals surface area contributed by atoms with Gasteiger partial charge in [-0.3, -0.25) is 19.4 Å². The lowest BCUT2D eigenvalue weighted by Crippen LogP contribution is -2.63. The first-order chi connectivity index (χ1) is 20.7. The first kappa shape index (κ1) is 33.0. The molecule has 2 aliphatic carbocycles. The van der Waals surface area contributed by atoms with E-state index in [1.165, 1.54) is 14.7 Å². The zero-order valence-electron chi connectivity index (χ0n) is 26.2. The van der Waals surface area contributed by atoms with E-state index in [1.54, 1.807) is 7.05 Å². The van der Waals surface area contributed by atoms with Crippen LogP contribution < -0.4 is 11.5 Å². The Morgan fingerprint density at radius 1 is 0.955 bits per heavy atom. The number of carbonyl (C=O) groups excluding carboxylic acids is 3. The molecule has 6 N–H and O–H groups in total. The van der Waals surface area contributed by atoms with Gasteiger partial charge in [0.05, 0.1) is 11.0 Å². The number of hydrogen-bond acceptors (Lipinski definition) is 10. The first-order valence-corrected chi connectivity index (χ1v) is 17.9. The topological polar surface area (TPSA) is 191 Å². The number of urea groups is 1. The van der Waals surface area contributed by atoms with Crippen LogP contribution in [0.2, 0.25) is 0 Å². The number of nitrogens with two attached hydrogens (primary N) is 2. The lowest BCUT2D eigenvalue weighted by atomic mass is 9.77. The van der Waals surface area contributed by atoms with Gasteiger partial charge in [0.25, 0.3) is 5.91 Å². The van der Waals surface area contributed by atoms with E-state index in [2.05, 4.69) is 0 Å². The summed E-state index contributed by atoms with van der Waals surface area (Å²) < 4.78 is 25.0. The van der Waals surface area contributed by atoms with E-state index < -0.39 is 45.1 Å². The molecule has 3 aliphatic heterocycles. The molecular weight excluding hydrogens is 588 g/mol. The Kier molecular flexibility index (Phi) is 9.29. The predicted octanol–water partition coefficient (Wildman–Crippen LogP) is 0.859. The van der Waals surface area contributed by atoms with Crippen LogP contribution >= 0.6 is 0 Å². The predicted molar refractivity (Wildman–Crippen MR) is 163 cm³/mol. The maximum Gasteiger partial charge on any atom is 0.329 e. The van der Waals surface area contributed by atoms with Crippen molar-refractivity contribution in [2.45, 2.75) is 114 Å². The Balaban J connectivity index is 1.27. The lowest BCUT2D eigenvalue weighted by molar-refractivity contribution is -0.134. The van der Waals surface area contributed by atoms with E-state index in [0.717, 1.165) is 19.3 Å². The summed E-state index contributed by atoms with van der Waals surface area (Å²) in [6, 6.07) is -0.844. The Labute approximate surface area is 260 Å². The minimum atomic E-state index is -3.11. The van der Waals surface area contributed by atoms with Crippen LogP contribution in [0.5, 0.6) is 0 Å². The zero-order chi connectivity index (χ0) is 32.1. The minimum Gasteiger partial charge on any atom is -0.385 e. The fraction of sp³-hybridized carbons (Fsp3) is 0.833. The molecule has 13 nitrogen and oxygen atoms in total. The van der Waals surface area contributed by atoms with Crippen LogP contribution in [0.3, 0.4) is 0 Å². The number of imide groups is 1. The SMILES string of the molecule is CC[C@H]1C[C@@H](CN2C(O)N(C)C(=O)[C@]2(C)CC2CCC(N3C(=O)N(CC4CCC4)C(=O)C(=C(N)N)C3O)CC2)CCS1(=O)=O. The highest BCUT2D eigenvalue weighted by atomic mass is 32.2. The van der Waals surface area contributed by atoms with Crippen LogP contribution in [0.25, 0.3) is 0 Å². The molecule has 14 heteroatoms. The number of carbonyl (C=O) groups is 3. The Hall–Kier alpha value is -2.42. The van der Waals surface area contributed by atoms with Crippen LogP contribution in [0.4, 0.5) is 4.79 Å². The van der Waals surface area contributed by atoms with Crippen molar-refractivity contribution >= 4 is 27.7 Å². The molecule has 2 saturated carbocycles. The molecule has 0 aromatic rings. The van der Waals surface area contributed by atoms with E-state index >= 15 is 0 Å². The molecule has 0 spiro atoms. The highest BCUT2D eigenvalue weighted by molar-refractivity contribution is 7.92. The summed E-state index contributed by atoms with van der Waals surface area (Å²) in [7, 11) is -1.52. The largest absolute Gasteiger partial charge is 0.385 e. The van der Waals surface area contributed by atoms with Gasteiger partial charge in [-0.25, -0.2) is 18.1 Å². The van der Waals surface area contributed by atoms with Crippen molar-refractivity contribution in [3.05, 3.63) is 11.4 Å². The van der Waals surface area contributed by atoms with E-state index in [0.29, 0.717) is 57.9 Å². The van der Waals surface area contributed by atoms with Crippen LogP contribution in [0.15, 0.2) is 11.4 Å². The first-order valence-electron chi connectivity index (χ1n) is 16.2. The second kappa shape index (κ2) is 12.4. The molecular formula is C30H50N6O7S. The average Bonchev–Trinajstić information content (AvgIpc) is 3.09. The van der Waals surface area contributed by atoms with Crippen molar-refractivity contribution in [1.29, 1.82) is 0 Å². The quantitative estimate of drug-likeness (QED) is 0.277. The number of hydrogen-bond donors (Lipinski definition) is 4. The van der Waals surface area contributed by atoms with Gasteiger partial charge in [0.15, 0.2) is 22.4 Å². The highest BCUT2D eigenvalue weighted by Crippen LogP contribution is 2.42. The second-order valence-electron chi connectivity index (χ2n) is 14.0. The Bertz CT molecular complexity index is 1280. The summed E-state index contributed by atoms with van der Waals surface area (Å²) in [4.78, 5) is 46.0. The molecule has 5 aliphatic rings. The van der Waals surface area contributed by atoms with Gasteiger partial charge in [-0.05, 0) is 88.9 Å². The molecule has 0 aromatic carbocycles. The summed E-state index contributed by atoms with van der Waals surface area (Å²) in [5.74, 6) is -0.537. The molecule has 5 atom stereocenters. The summed E-state index contributed by atoms with van der Waals surface area (Å²) in [6.07, 6.45) is 4.95. The highest BCUT2D eigenvalue weighted by Gasteiger charge is 2.55. The molecule has 248 valence electrons. The van der Waals surface area contributed by atoms with Gasteiger partial charge in [-0.15, -0.1) is 0 Å². The number of aliphatic hydroxyl groups excluding tert-OH is 2. The van der Waals surface area contributed by atoms with Crippen LogP contribution in [-0.2, 0) is 19.4 Å². The number of likely N-dealkylation sites (N-methyl/N-ethyl adjacent to an activating group) is 1. The summed E-state index contributed by atoms with van der Waals surface area (Å²) >= 11 is 0. The zero-order valence-corrected chi connectivity index (χ0v) is 27.0.